The van der Waals surface area contributed by atoms with E-state index in [1.165, 1.54) is 38.5 Å². The van der Waals surface area contributed by atoms with Gasteiger partial charge in [0.25, 0.3) is 0 Å². The lowest BCUT2D eigenvalue weighted by molar-refractivity contribution is -0.133. The van der Waals surface area contributed by atoms with Gasteiger partial charge in [0.15, 0.2) is 0 Å². The molecule has 0 saturated heterocycles. The third-order valence-corrected chi connectivity index (χ3v) is 4.89. The zero-order chi connectivity index (χ0) is 14.5. The molecule has 2 saturated carbocycles. The molecule has 0 aliphatic heterocycles. The van der Waals surface area contributed by atoms with Gasteiger partial charge < -0.3 is 14.6 Å². The van der Waals surface area contributed by atoms with Gasteiger partial charge in [0.1, 0.15) is 5.76 Å². The van der Waals surface area contributed by atoms with E-state index in [4.69, 9.17) is 4.42 Å². The standard InChI is InChI=1S/C17H26N2O2/c20-17(12-18-14-6-1-2-7-14)19(15-8-3-4-9-15)13-16-10-5-11-21-16/h5,10-11,14-15,18H,1-4,6-9,12-13H2. The Bertz CT molecular complexity index is 432. The van der Waals surface area contributed by atoms with E-state index in [0.29, 0.717) is 25.2 Å². The molecular weight excluding hydrogens is 264 g/mol. The van der Waals surface area contributed by atoms with Crippen molar-refractivity contribution in [2.24, 2.45) is 0 Å². The second-order valence-electron chi connectivity index (χ2n) is 6.40. The first-order chi connectivity index (χ1) is 10.3. The summed E-state index contributed by atoms with van der Waals surface area (Å²) in [6.07, 6.45) is 11.5. The largest absolute Gasteiger partial charge is 0.467 e. The summed E-state index contributed by atoms with van der Waals surface area (Å²) in [6.45, 7) is 1.09. The van der Waals surface area contributed by atoms with Crippen LogP contribution in [0, 0.1) is 0 Å². The van der Waals surface area contributed by atoms with Crippen LogP contribution < -0.4 is 5.32 Å². The van der Waals surface area contributed by atoms with E-state index in [1.54, 1.807) is 6.26 Å². The summed E-state index contributed by atoms with van der Waals surface area (Å²) >= 11 is 0. The van der Waals surface area contributed by atoms with E-state index in [1.807, 2.05) is 17.0 Å². The molecule has 0 unspecified atom stereocenters. The number of carbonyl (C=O) groups excluding carboxylic acids is 1. The average molecular weight is 290 g/mol. The molecule has 21 heavy (non-hydrogen) atoms. The molecule has 1 amide bonds. The Labute approximate surface area is 126 Å². The molecule has 0 atom stereocenters. The normalized spacial score (nSPS) is 20.2. The van der Waals surface area contributed by atoms with Crippen LogP contribution >= 0.6 is 0 Å². The minimum Gasteiger partial charge on any atom is -0.467 e. The topological polar surface area (TPSA) is 45.5 Å². The first-order valence-electron chi connectivity index (χ1n) is 8.38. The quantitative estimate of drug-likeness (QED) is 0.875. The number of furan rings is 1. The zero-order valence-electron chi connectivity index (χ0n) is 12.7. The minimum absolute atomic E-state index is 0.227. The highest BCUT2D eigenvalue weighted by Crippen LogP contribution is 2.25. The lowest BCUT2D eigenvalue weighted by Crippen LogP contribution is -2.44. The highest BCUT2D eigenvalue weighted by atomic mass is 16.3. The summed E-state index contributed by atoms with van der Waals surface area (Å²) in [5.41, 5.74) is 0. The van der Waals surface area contributed by atoms with Gasteiger partial charge in [-0.15, -0.1) is 0 Å². The Kier molecular flexibility index (Phi) is 4.96. The molecule has 1 aromatic rings. The van der Waals surface area contributed by atoms with Crippen LogP contribution in [0.5, 0.6) is 0 Å². The van der Waals surface area contributed by atoms with Crippen molar-refractivity contribution in [3.8, 4) is 0 Å². The fourth-order valence-corrected chi connectivity index (χ4v) is 3.67. The second-order valence-corrected chi connectivity index (χ2v) is 6.40. The van der Waals surface area contributed by atoms with Crippen LogP contribution in [0.3, 0.4) is 0 Å². The first-order valence-corrected chi connectivity index (χ1v) is 8.38. The Balaban J connectivity index is 1.58. The van der Waals surface area contributed by atoms with Crippen LogP contribution in [0.1, 0.15) is 57.1 Å². The maximum atomic E-state index is 12.6. The second kappa shape index (κ2) is 7.12. The van der Waals surface area contributed by atoms with E-state index < -0.39 is 0 Å². The highest BCUT2D eigenvalue weighted by molar-refractivity contribution is 5.78. The molecule has 2 aliphatic rings. The summed E-state index contributed by atoms with van der Waals surface area (Å²) < 4.78 is 5.44. The number of rotatable bonds is 6. The molecule has 0 aromatic carbocycles. The number of hydrogen-bond acceptors (Lipinski definition) is 3. The number of carbonyl (C=O) groups is 1. The van der Waals surface area contributed by atoms with Crippen molar-refractivity contribution in [1.82, 2.24) is 10.2 Å². The Hall–Kier alpha value is -1.29. The predicted molar refractivity (Wildman–Crippen MR) is 81.8 cm³/mol. The minimum atomic E-state index is 0.227. The van der Waals surface area contributed by atoms with Gasteiger partial charge >= 0.3 is 0 Å². The van der Waals surface area contributed by atoms with E-state index in [-0.39, 0.29) is 5.91 Å². The molecular formula is C17H26N2O2. The van der Waals surface area contributed by atoms with Crippen molar-refractivity contribution in [2.45, 2.75) is 70.0 Å². The zero-order valence-corrected chi connectivity index (χ0v) is 12.7. The van der Waals surface area contributed by atoms with Crippen LogP contribution in [0.2, 0.25) is 0 Å². The van der Waals surface area contributed by atoms with Crippen LogP contribution in [0.15, 0.2) is 22.8 Å². The molecule has 0 bridgehead atoms. The number of amides is 1. The Morgan fingerprint density at radius 3 is 2.57 bits per heavy atom. The molecule has 0 spiro atoms. The van der Waals surface area contributed by atoms with E-state index in [0.717, 1.165) is 18.6 Å². The van der Waals surface area contributed by atoms with Crippen molar-refractivity contribution >= 4 is 5.91 Å². The van der Waals surface area contributed by atoms with Gasteiger partial charge in [-0.05, 0) is 37.8 Å². The fourth-order valence-electron chi connectivity index (χ4n) is 3.67. The smallest absolute Gasteiger partial charge is 0.237 e. The van der Waals surface area contributed by atoms with E-state index in [9.17, 15) is 4.79 Å². The van der Waals surface area contributed by atoms with Crippen molar-refractivity contribution in [2.75, 3.05) is 6.54 Å². The molecule has 4 nitrogen and oxygen atoms in total. The lowest BCUT2D eigenvalue weighted by Gasteiger charge is -2.29. The van der Waals surface area contributed by atoms with Gasteiger partial charge in [0.05, 0.1) is 19.4 Å². The SMILES string of the molecule is O=C(CNC1CCCC1)N(Cc1ccco1)C1CCCC1. The third-order valence-electron chi connectivity index (χ3n) is 4.89. The van der Waals surface area contributed by atoms with E-state index >= 15 is 0 Å². The molecule has 1 aromatic heterocycles. The number of nitrogens with zero attached hydrogens (tertiary/aromatic N) is 1. The predicted octanol–water partition coefficient (Wildman–Crippen LogP) is 3.08. The van der Waals surface area contributed by atoms with Crippen LogP contribution in [-0.4, -0.2) is 29.4 Å². The summed E-state index contributed by atoms with van der Waals surface area (Å²) in [5.74, 6) is 1.11. The Morgan fingerprint density at radius 1 is 1.19 bits per heavy atom. The summed E-state index contributed by atoms with van der Waals surface area (Å²) in [7, 11) is 0. The molecule has 1 heterocycles. The maximum absolute atomic E-state index is 12.6. The fraction of sp³-hybridized carbons (Fsp3) is 0.706. The number of hydrogen-bond donors (Lipinski definition) is 1. The van der Waals surface area contributed by atoms with Gasteiger partial charge in [-0.3, -0.25) is 4.79 Å². The summed E-state index contributed by atoms with van der Waals surface area (Å²) in [5, 5.41) is 3.44. The van der Waals surface area contributed by atoms with Gasteiger partial charge in [0, 0.05) is 12.1 Å². The molecule has 116 valence electrons. The van der Waals surface area contributed by atoms with Crippen LogP contribution in [0.25, 0.3) is 0 Å². The Morgan fingerprint density at radius 2 is 1.90 bits per heavy atom. The van der Waals surface area contributed by atoms with E-state index in [2.05, 4.69) is 5.32 Å². The molecule has 2 fully saturated rings. The molecule has 3 rings (SSSR count). The molecule has 2 aliphatic carbocycles. The maximum Gasteiger partial charge on any atom is 0.237 e. The van der Waals surface area contributed by atoms with Gasteiger partial charge in [-0.2, -0.15) is 0 Å². The molecule has 4 heteroatoms. The van der Waals surface area contributed by atoms with Crippen LogP contribution in [0.4, 0.5) is 0 Å². The van der Waals surface area contributed by atoms with Crippen molar-refractivity contribution < 1.29 is 9.21 Å². The van der Waals surface area contributed by atoms with Gasteiger partial charge in [-0.25, -0.2) is 0 Å². The highest BCUT2D eigenvalue weighted by Gasteiger charge is 2.27. The summed E-state index contributed by atoms with van der Waals surface area (Å²) in [6, 6.07) is 4.79. The monoisotopic (exact) mass is 290 g/mol. The molecule has 0 radical (unpaired) electrons. The first kappa shape index (κ1) is 14.6. The van der Waals surface area contributed by atoms with Crippen molar-refractivity contribution in [3.63, 3.8) is 0 Å². The third kappa shape index (κ3) is 3.88. The van der Waals surface area contributed by atoms with Crippen molar-refractivity contribution in [3.05, 3.63) is 24.2 Å². The average Bonchev–Trinajstić information content (AvgIpc) is 3.25. The van der Waals surface area contributed by atoms with Gasteiger partial charge in [-0.1, -0.05) is 25.7 Å². The van der Waals surface area contributed by atoms with Crippen molar-refractivity contribution in [1.29, 1.82) is 0 Å². The van der Waals surface area contributed by atoms with Gasteiger partial charge in [0.2, 0.25) is 5.91 Å². The number of nitrogens with one attached hydrogen (secondary N) is 1. The molecule has 1 N–H and O–H groups in total. The van der Waals surface area contributed by atoms with Crippen LogP contribution in [-0.2, 0) is 11.3 Å². The lowest BCUT2D eigenvalue weighted by atomic mass is 10.2. The summed E-state index contributed by atoms with van der Waals surface area (Å²) in [4.78, 5) is 14.7.